The molecule has 0 bridgehead atoms. The van der Waals surface area contributed by atoms with Gasteiger partial charge in [0.1, 0.15) is 0 Å². The van der Waals surface area contributed by atoms with Crippen molar-refractivity contribution in [2.75, 3.05) is 47.1 Å². The molecule has 3 rings (SSSR count). The van der Waals surface area contributed by atoms with Crippen LogP contribution in [0.2, 0.25) is 0 Å². The first-order valence-electron chi connectivity index (χ1n) is 10.9. The minimum Gasteiger partial charge on any atom is -0.493 e. The number of methoxy groups -OCH3 is 2. The molecule has 162 valence electrons. The van der Waals surface area contributed by atoms with E-state index in [9.17, 15) is 0 Å². The number of rotatable bonds is 8. The summed E-state index contributed by atoms with van der Waals surface area (Å²) >= 11 is 0. The summed E-state index contributed by atoms with van der Waals surface area (Å²) in [6, 6.07) is 6.38. The van der Waals surface area contributed by atoms with Crippen LogP contribution in [0.5, 0.6) is 11.5 Å². The number of benzene rings is 1. The summed E-state index contributed by atoms with van der Waals surface area (Å²) in [6.45, 7) is 8.43. The van der Waals surface area contributed by atoms with E-state index in [0.717, 1.165) is 50.3 Å². The van der Waals surface area contributed by atoms with Gasteiger partial charge in [-0.2, -0.15) is 0 Å². The van der Waals surface area contributed by atoms with Crippen LogP contribution in [-0.4, -0.2) is 53.0 Å². The lowest BCUT2D eigenvalue weighted by Gasteiger charge is -2.39. The van der Waals surface area contributed by atoms with Gasteiger partial charge in [0.05, 0.1) is 34.0 Å². The van der Waals surface area contributed by atoms with Crippen LogP contribution in [0.25, 0.3) is 0 Å². The molecule has 0 spiro atoms. The van der Waals surface area contributed by atoms with Crippen LogP contribution in [0, 0.1) is 5.41 Å². The Balaban J connectivity index is 1.78. The van der Waals surface area contributed by atoms with Crippen molar-refractivity contribution in [2.24, 2.45) is 10.4 Å². The fraction of sp³-hybridized carbons (Fsp3) is 0.696. The monoisotopic (exact) mass is 403 g/mol. The van der Waals surface area contributed by atoms with Crippen molar-refractivity contribution in [2.45, 2.75) is 51.4 Å². The molecule has 2 fully saturated rings. The average molecular weight is 404 g/mol. The molecule has 1 aromatic carbocycles. The van der Waals surface area contributed by atoms with Crippen LogP contribution in [0.15, 0.2) is 23.2 Å². The number of guanidine groups is 1. The Kier molecular flexibility index (Phi) is 7.28. The first kappa shape index (κ1) is 21.8. The van der Waals surface area contributed by atoms with Gasteiger partial charge in [-0.05, 0) is 37.5 Å². The minimum absolute atomic E-state index is 0.0808. The maximum atomic E-state index is 5.58. The number of ether oxygens (including phenoxy) is 3. The second-order valence-corrected chi connectivity index (χ2v) is 8.76. The fourth-order valence-electron chi connectivity index (χ4n) is 4.37. The lowest BCUT2D eigenvalue weighted by atomic mass is 9.69. The predicted molar refractivity (Wildman–Crippen MR) is 117 cm³/mol. The molecule has 6 heteroatoms. The van der Waals surface area contributed by atoms with Gasteiger partial charge in [0.15, 0.2) is 17.5 Å². The van der Waals surface area contributed by atoms with E-state index in [2.05, 4.69) is 36.6 Å². The number of hydrogen-bond acceptors (Lipinski definition) is 4. The molecule has 1 saturated carbocycles. The molecule has 0 atom stereocenters. The summed E-state index contributed by atoms with van der Waals surface area (Å²) in [5.74, 6) is 2.47. The van der Waals surface area contributed by atoms with Gasteiger partial charge in [0.2, 0.25) is 0 Å². The highest BCUT2D eigenvalue weighted by Crippen LogP contribution is 2.42. The lowest BCUT2D eigenvalue weighted by molar-refractivity contribution is -0.0945. The Labute approximate surface area is 175 Å². The van der Waals surface area contributed by atoms with Gasteiger partial charge >= 0.3 is 0 Å². The van der Waals surface area contributed by atoms with Crippen LogP contribution in [0.3, 0.4) is 0 Å². The van der Waals surface area contributed by atoms with Crippen LogP contribution in [0.4, 0.5) is 0 Å². The number of hydrogen-bond donors (Lipinski definition) is 2. The van der Waals surface area contributed by atoms with Crippen LogP contribution in [0.1, 0.15) is 51.5 Å². The smallest absolute Gasteiger partial charge is 0.191 e. The highest BCUT2D eigenvalue weighted by atomic mass is 16.5. The van der Waals surface area contributed by atoms with Crippen molar-refractivity contribution in [1.29, 1.82) is 0 Å². The van der Waals surface area contributed by atoms with E-state index in [1.807, 2.05) is 6.07 Å². The first-order valence-corrected chi connectivity index (χ1v) is 10.9. The molecule has 2 N–H and O–H groups in total. The van der Waals surface area contributed by atoms with E-state index in [4.69, 9.17) is 19.2 Å². The van der Waals surface area contributed by atoms with Crippen molar-refractivity contribution >= 4 is 5.96 Å². The van der Waals surface area contributed by atoms with Gasteiger partial charge < -0.3 is 24.8 Å². The van der Waals surface area contributed by atoms with E-state index >= 15 is 0 Å². The van der Waals surface area contributed by atoms with Gasteiger partial charge in [-0.1, -0.05) is 32.3 Å². The molecule has 6 nitrogen and oxygen atoms in total. The standard InChI is InChI=1S/C23H37N3O3/c1-5-24-21(25-14-22(2)16-29-17-22)26-15-23(11-7-6-8-12-23)18-9-10-19(27-3)20(13-18)28-4/h9-10,13H,5-8,11-12,14-17H2,1-4H3,(H2,24,25,26). The molecule has 0 unspecified atom stereocenters. The molecule has 29 heavy (non-hydrogen) atoms. The summed E-state index contributed by atoms with van der Waals surface area (Å²) in [4.78, 5) is 4.85. The van der Waals surface area contributed by atoms with Crippen molar-refractivity contribution < 1.29 is 14.2 Å². The van der Waals surface area contributed by atoms with Gasteiger partial charge in [0, 0.05) is 23.9 Å². The Morgan fingerprint density at radius 3 is 2.38 bits per heavy atom. The second kappa shape index (κ2) is 9.70. The minimum atomic E-state index is 0.0808. The molecule has 1 aliphatic carbocycles. The van der Waals surface area contributed by atoms with E-state index in [0.29, 0.717) is 0 Å². The van der Waals surface area contributed by atoms with Gasteiger partial charge in [-0.25, -0.2) is 0 Å². The van der Waals surface area contributed by atoms with E-state index in [-0.39, 0.29) is 10.8 Å². The third kappa shape index (κ3) is 5.16. The molecule has 0 amide bonds. The Morgan fingerprint density at radius 1 is 1.07 bits per heavy atom. The number of nitrogens with zero attached hydrogens (tertiary/aromatic N) is 1. The average Bonchev–Trinajstić information content (AvgIpc) is 2.74. The van der Waals surface area contributed by atoms with Crippen LogP contribution >= 0.6 is 0 Å². The van der Waals surface area contributed by atoms with E-state index < -0.39 is 0 Å². The highest BCUT2D eigenvalue weighted by molar-refractivity contribution is 5.80. The maximum Gasteiger partial charge on any atom is 0.191 e. The van der Waals surface area contributed by atoms with Crippen molar-refractivity contribution in [3.8, 4) is 11.5 Å². The summed E-state index contributed by atoms with van der Waals surface area (Å²) < 4.78 is 16.4. The Hall–Kier alpha value is -1.95. The third-order valence-corrected chi connectivity index (χ3v) is 6.26. The number of nitrogens with one attached hydrogen (secondary N) is 2. The highest BCUT2D eigenvalue weighted by Gasteiger charge is 2.35. The second-order valence-electron chi connectivity index (χ2n) is 8.76. The lowest BCUT2D eigenvalue weighted by Crippen LogP contribution is -2.48. The molecular weight excluding hydrogens is 366 g/mol. The summed E-state index contributed by atoms with van der Waals surface area (Å²) in [5.41, 5.74) is 1.57. The molecule has 1 saturated heterocycles. The molecule has 1 aromatic rings. The largest absolute Gasteiger partial charge is 0.493 e. The zero-order valence-electron chi connectivity index (χ0n) is 18.5. The van der Waals surface area contributed by atoms with Gasteiger partial charge in [-0.15, -0.1) is 0 Å². The molecule has 2 aliphatic rings. The van der Waals surface area contributed by atoms with Gasteiger partial charge in [0.25, 0.3) is 0 Å². The predicted octanol–water partition coefficient (Wildman–Crippen LogP) is 3.50. The fourth-order valence-corrected chi connectivity index (χ4v) is 4.37. The molecule has 0 radical (unpaired) electrons. The van der Waals surface area contributed by atoms with Crippen LogP contribution < -0.4 is 20.1 Å². The molecular formula is C23H37N3O3. The van der Waals surface area contributed by atoms with Crippen LogP contribution in [-0.2, 0) is 10.2 Å². The van der Waals surface area contributed by atoms with E-state index in [1.54, 1.807) is 14.2 Å². The number of aliphatic imine (C=N–C) groups is 1. The Bertz CT molecular complexity index is 695. The zero-order valence-corrected chi connectivity index (χ0v) is 18.5. The third-order valence-electron chi connectivity index (χ3n) is 6.26. The van der Waals surface area contributed by atoms with Gasteiger partial charge in [-0.3, -0.25) is 4.99 Å². The van der Waals surface area contributed by atoms with Crippen molar-refractivity contribution in [3.05, 3.63) is 23.8 Å². The first-order chi connectivity index (χ1) is 14.0. The summed E-state index contributed by atoms with van der Waals surface area (Å²) in [5, 5.41) is 7.05. The maximum absolute atomic E-state index is 5.58. The SMILES string of the molecule is CCNC(=NCC1(C)COC1)NCC1(c2ccc(OC)c(OC)c2)CCCCC1. The normalized spacial score (nSPS) is 20.5. The van der Waals surface area contributed by atoms with E-state index in [1.165, 1.54) is 37.7 Å². The molecule has 1 heterocycles. The quantitative estimate of drug-likeness (QED) is 0.514. The Morgan fingerprint density at radius 2 is 1.79 bits per heavy atom. The summed E-state index contributed by atoms with van der Waals surface area (Å²) in [6.07, 6.45) is 6.14. The molecule has 0 aromatic heterocycles. The zero-order chi connectivity index (χ0) is 20.7. The molecule has 1 aliphatic heterocycles. The van der Waals surface area contributed by atoms with Crippen molar-refractivity contribution in [3.63, 3.8) is 0 Å². The topological polar surface area (TPSA) is 64.1 Å². The van der Waals surface area contributed by atoms with Crippen molar-refractivity contribution in [1.82, 2.24) is 10.6 Å². The summed E-state index contributed by atoms with van der Waals surface area (Å²) in [7, 11) is 3.39.